The standard InChI is InChI=1S/C23H34N/c1-16(2)11-19-13-22(21-10-9-17(3)12-18(21)4)24(8)15-20(19)14-23(5,6)7/h9-10,12-13,15-16H,11,14H2,1-8H3/q+1/i3D3,11D2,14D2. The van der Waals surface area contributed by atoms with E-state index in [0.29, 0.717) is 16.8 Å². The summed E-state index contributed by atoms with van der Waals surface area (Å²) in [5.41, 5.74) is 2.46. The van der Waals surface area contributed by atoms with E-state index in [1.54, 1.807) is 48.9 Å². The molecule has 0 saturated heterocycles. The van der Waals surface area contributed by atoms with Crippen LogP contribution in [-0.4, -0.2) is 0 Å². The van der Waals surface area contributed by atoms with Gasteiger partial charge in [0.1, 0.15) is 7.05 Å². The Kier molecular flexibility index (Phi) is 3.27. The van der Waals surface area contributed by atoms with Crippen molar-refractivity contribution in [2.45, 2.75) is 61.1 Å². The fourth-order valence-corrected chi connectivity index (χ4v) is 2.80. The van der Waals surface area contributed by atoms with Crippen LogP contribution in [0.3, 0.4) is 0 Å². The van der Waals surface area contributed by atoms with Crippen LogP contribution in [0.2, 0.25) is 0 Å². The van der Waals surface area contributed by atoms with Crippen LogP contribution in [0.15, 0.2) is 30.5 Å². The molecular formula is C23H34N+. The molecular weight excluding hydrogens is 290 g/mol. The minimum Gasteiger partial charge on any atom is -0.201 e. The van der Waals surface area contributed by atoms with E-state index in [-0.39, 0.29) is 11.5 Å². The van der Waals surface area contributed by atoms with Crippen LogP contribution < -0.4 is 4.57 Å². The zero-order valence-corrected chi connectivity index (χ0v) is 15.9. The number of aryl methyl sites for hydroxylation is 3. The quantitative estimate of drug-likeness (QED) is 0.644. The third-order valence-electron chi connectivity index (χ3n) is 3.73. The van der Waals surface area contributed by atoms with E-state index in [2.05, 4.69) is 0 Å². The number of hydrogen-bond donors (Lipinski definition) is 0. The Morgan fingerprint density at radius 3 is 2.42 bits per heavy atom. The average molecular weight is 332 g/mol. The van der Waals surface area contributed by atoms with Crippen LogP contribution in [-0.2, 0) is 19.8 Å². The molecule has 0 fully saturated rings. The van der Waals surface area contributed by atoms with E-state index in [1.165, 1.54) is 0 Å². The second kappa shape index (κ2) is 7.09. The molecule has 0 N–H and O–H groups in total. The first-order valence-corrected chi connectivity index (χ1v) is 8.48. The first kappa shape index (κ1) is 11.1. The summed E-state index contributed by atoms with van der Waals surface area (Å²) in [6.07, 6.45) is -1.82. The van der Waals surface area contributed by atoms with Gasteiger partial charge in [-0.25, -0.2) is 4.57 Å². The van der Waals surface area contributed by atoms with E-state index in [9.17, 15) is 0 Å². The number of pyridine rings is 1. The van der Waals surface area contributed by atoms with Crippen molar-refractivity contribution in [2.75, 3.05) is 0 Å². The maximum absolute atomic E-state index is 8.82. The number of aromatic nitrogens is 1. The van der Waals surface area contributed by atoms with E-state index in [4.69, 9.17) is 9.60 Å². The lowest BCUT2D eigenvalue weighted by Gasteiger charge is -2.21. The monoisotopic (exact) mass is 331 g/mol. The van der Waals surface area contributed by atoms with Gasteiger partial charge in [0.05, 0.1) is 0 Å². The summed E-state index contributed by atoms with van der Waals surface area (Å²) in [6, 6.07) is 6.70. The van der Waals surface area contributed by atoms with Crippen molar-refractivity contribution in [1.29, 1.82) is 0 Å². The second-order valence-electron chi connectivity index (χ2n) is 7.80. The summed E-state index contributed by atoms with van der Waals surface area (Å²) in [4.78, 5) is 0. The zero-order valence-electron chi connectivity index (χ0n) is 22.9. The summed E-state index contributed by atoms with van der Waals surface area (Å²) >= 11 is 0. The Bertz CT molecular complexity index is 967. The molecule has 0 spiro atoms. The topological polar surface area (TPSA) is 3.88 Å². The fraction of sp³-hybridized carbons (Fsp3) is 0.522. The molecule has 1 aromatic heterocycles. The molecule has 0 aliphatic rings. The molecule has 0 unspecified atom stereocenters. The summed E-state index contributed by atoms with van der Waals surface area (Å²) in [7, 11) is 1.81. The lowest BCUT2D eigenvalue weighted by Crippen LogP contribution is -2.33. The molecule has 0 saturated carbocycles. The minimum atomic E-state index is -2.20. The predicted molar refractivity (Wildman–Crippen MR) is 104 cm³/mol. The van der Waals surface area contributed by atoms with Gasteiger partial charge in [0.2, 0.25) is 5.69 Å². The highest BCUT2D eigenvalue weighted by molar-refractivity contribution is 5.62. The Hall–Kier alpha value is -1.63. The van der Waals surface area contributed by atoms with Crippen molar-refractivity contribution in [3.63, 3.8) is 0 Å². The molecule has 0 radical (unpaired) electrons. The van der Waals surface area contributed by atoms with Gasteiger partial charge >= 0.3 is 0 Å². The van der Waals surface area contributed by atoms with Gasteiger partial charge in [0.25, 0.3) is 0 Å². The molecule has 24 heavy (non-hydrogen) atoms. The number of rotatable bonds is 4. The SMILES string of the molecule is [2H]C([2H])([2H])c1ccc(-c2cc(C([2H])([2H])C(C)C)c(C([2H])([2H])C(C)(C)C)c[n+]2C)c(C)c1. The van der Waals surface area contributed by atoms with Crippen LogP contribution >= 0.6 is 0 Å². The highest BCUT2D eigenvalue weighted by Gasteiger charge is 2.21. The van der Waals surface area contributed by atoms with Gasteiger partial charge in [-0.1, -0.05) is 52.3 Å². The lowest BCUT2D eigenvalue weighted by atomic mass is 9.85. The minimum absolute atomic E-state index is 0.259. The van der Waals surface area contributed by atoms with Crippen molar-refractivity contribution >= 4 is 0 Å². The molecule has 0 aliphatic heterocycles. The number of nitrogens with zero attached hydrogens (tertiary/aromatic N) is 1. The second-order valence-corrected chi connectivity index (χ2v) is 7.80. The molecule has 2 aromatic rings. The van der Waals surface area contributed by atoms with Crippen molar-refractivity contribution in [3.8, 4) is 11.3 Å². The average Bonchev–Trinajstić information content (AvgIpc) is 2.59. The van der Waals surface area contributed by atoms with Crippen molar-refractivity contribution in [2.24, 2.45) is 18.4 Å². The van der Waals surface area contributed by atoms with Gasteiger partial charge in [-0.05, 0) is 55.0 Å². The normalized spacial score (nSPS) is 18.1. The van der Waals surface area contributed by atoms with Crippen molar-refractivity contribution in [1.82, 2.24) is 0 Å². The van der Waals surface area contributed by atoms with Crippen LogP contribution in [0.5, 0.6) is 0 Å². The molecule has 0 aliphatic carbocycles. The molecule has 2 rings (SSSR count). The van der Waals surface area contributed by atoms with Gasteiger partial charge in [0, 0.05) is 26.8 Å². The van der Waals surface area contributed by atoms with Crippen LogP contribution in [0.25, 0.3) is 11.3 Å². The largest absolute Gasteiger partial charge is 0.212 e. The van der Waals surface area contributed by atoms with Gasteiger partial charge in [-0.2, -0.15) is 0 Å². The number of hydrogen-bond acceptors (Lipinski definition) is 0. The van der Waals surface area contributed by atoms with Crippen molar-refractivity contribution in [3.05, 3.63) is 52.7 Å². The van der Waals surface area contributed by atoms with Crippen LogP contribution in [0, 0.1) is 25.1 Å². The number of benzene rings is 1. The Morgan fingerprint density at radius 2 is 1.88 bits per heavy atom. The smallest absolute Gasteiger partial charge is 0.201 e. The Morgan fingerprint density at radius 1 is 1.17 bits per heavy atom. The van der Waals surface area contributed by atoms with Crippen LogP contribution in [0.4, 0.5) is 0 Å². The van der Waals surface area contributed by atoms with Gasteiger partial charge in [-0.15, -0.1) is 0 Å². The molecule has 0 amide bonds. The lowest BCUT2D eigenvalue weighted by molar-refractivity contribution is -0.660. The highest BCUT2D eigenvalue weighted by atomic mass is 14.9. The van der Waals surface area contributed by atoms with Gasteiger partial charge < -0.3 is 0 Å². The molecule has 0 bridgehead atoms. The first-order chi connectivity index (χ1) is 13.8. The molecule has 1 aromatic carbocycles. The molecule has 1 heteroatoms. The molecule has 130 valence electrons. The fourth-order valence-electron chi connectivity index (χ4n) is 2.80. The maximum Gasteiger partial charge on any atom is 0.212 e. The first-order valence-electron chi connectivity index (χ1n) is 12.0. The Labute approximate surface area is 158 Å². The van der Waals surface area contributed by atoms with Gasteiger partial charge in [0.15, 0.2) is 6.20 Å². The summed E-state index contributed by atoms with van der Waals surface area (Å²) < 4.78 is 59.9. The van der Waals surface area contributed by atoms with E-state index in [0.717, 1.165) is 11.1 Å². The third kappa shape index (κ3) is 4.69. The van der Waals surface area contributed by atoms with E-state index < -0.39 is 25.0 Å². The van der Waals surface area contributed by atoms with E-state index >= 15 is 0 Å². The van der Waals surface area contributed by atoms with Crippen molar-refractivity contribution < 1.29 is 14.2 Å². The zero-order chi connectivity index (χ0) is 24.2. The third-order valence-corrected chi connectivity index (χ3v) is 3.73. The molecule has 1 nitrogen and oxygen atoms in total. The predicted octanol–water partition coefficient (Wildman–Crippen LogP) is 5.58. The summed E-state index contributed by atoms with van der Waals surface area (Å²) in [6.45, 7) is 8.66. The van der Waals surface area contributed by atoms with E-state index in [1.807, 2.05) is 34.7 Å². The van der Waals surface area contributed by atoms with Crippen LogP contribution in [0.1, 0.15) is 66.5 Å². The Balaban J connectivity index is 2.85. The molecule has 0 atom stereocenters. The summed E-state index contributed by atoms with van der Waals surface area (Å²) in [5, 5.41) is 0. The summed E-state index contributed by atoms with van der Waals surface area (Å²) in [5.74, 6) is -0.360. The maximum atomic E-state index is 8.82. The highest BCUT2D eigenvalue weighted by Crippen LogP contribution is 2.28. The molecule has 1 heterocycles. The van der Waals surface area contributed by atoms with Gasteiger partial charge in [-0.3, -0.25) is 0 Å².